The van der Waals surface area contributed by atoms with Crippen molar-refractivity contribution in [2.75, 3.05) is 18.5 Å². The fraction of sp³-hybridized carbons (Fsp3) is 0.308. The molecular formula is C13H15NO4. The van der Waals surface area contributed by atoms with Gasteiger partial charge in [0, 0.05) is 11.3 Å². The van der Waals surface area contributed by atoms with Crippen LogP contribution in [-0.2, 0) is 14.3 Å². The molecule has 0 aliphatic carbocycles. The molecule has 1 aliphatic rings. The molecular weight excluding hydrogens is 234 g/mol. The molecule has 1 heterocycles. The number of hydrogen-bond acceptors (Lipinski definition) is 4. The number of aliphatic hydroxyl groups excluding tert-OH is 1. The van der Waals surface area contributed by atoms with Crippen molar-refractivity contribution in [1.29, 1.82) is 0 Å². The molecule has 0 saturated heterocycles. The van der Waals surface area contributed by atoms with Crippen LogP contribution in [0.4, 0.5) is 5.69 Å². The van der Waals surface area contributed by atoms with Crippen LogP contribution in [0, 0.1) is 0 Å². The number of para-hydroxylation sites is 1. The van der Waals surface area contributed by atoms with Gasteiger partial charge in [0.05, 0.1) is 6.10 Å². The second kappa shape index (κ2) is 5.55. The Bertz CT molecular complexity index is 468. The van der Waals surface area contributed by atoms with Crippen LogP contribution in [0.25, 0.3) is 0 Å². The Morgan fingerprint density at radius 2 is 2.17 bits per heavy atom. The molecule has 1 amide bonds. The fourth-order valence-corrected chi connectivity index (χ4v) is 1.65. The van der Waals surface area contributed by atoms with Crippen LogP contribution < -0.4 is 5.32 Å². The van der Waals surface area contributed by atoms with Crippen molar-refractivity contribution in [2.24, 2.45) is 0 Å². The summed E-state index contributed by atoms with van der Waals surface area (Å²) in [6.45, 7) is 2.45. The van der Waals surface area contributed by atoms with Crippen LogP contribution in [0.15, 0.2) is 36.3 Å². The summed E-state index contributed by atoms with van der Waals surface area (Å²) in [4.78, 5) is 11.9. The summed E-state index contributed by atoms with van der Waals surface area (Å²) >= 11 is 0. The Kier molecular flexibility index (Phi) is 3.84. The first-order valence-electron chi connectivity index (χ1n) is 5.71. The van der Waals surface area contributed by atoms with Gasteiger partial charge in [-0.25, -0.2) is 0 Å². The van der Waals surface area contributed by atoms with Gasteiger partial charge in [0.25, 0.3) is 5.91 Å². The van der Waals surface area contributed by atoms with Crippen LogP contribution in [0.1, 0.15) is 18.6 Å². The number of amides is 1. The first-order valence-corrected chi connectivity index (χ1v) is 5.71. The molecule has 0 aromatic heterocycles. The number of ether oxygens (including phenoxy) is 2. The number of hydrogen-bond donors (Lipinski definition) is 2. The first-order chi connectivity index (χ1) is 8.68. The molecule has 1 atom stereocenters. The molecule has 0 spiro atoms. The number of rotatable bonds is 3. The van der Waals surface area contributed by atoms with Crippen LogP contribution in [0.3, 0.4) is 0 Å². The van der Waals surface area contributed by atoms with E-state index in [0.717, 1.165) is 0 Å². The standard InChI is InChI=1S/C13H15NO4/c1-9(15)10-4-2-3-5-11(10)14-13(16)12-8-17-6-7-18-12/h2-5,8-9,15H,6-7H2,1H3,(H,14,16). The Hall–Kier alpha value is -2.01. The molecule has 1 unspecified atom stereocenters. The van der Waals surface area contributed by atoms with Crippen molar-refractivity contribution in [3.63, 3.8) is 0 Å². The molecule has 1 aromatic carbocycles. The summed E-state index contributed by atoms with van der Waals surface area (Å²) in [6, 6.07) is 7.07. The molecule has 96 valence electrons. The summed E-state index contributed by atoms with van der Waals surface area (Å²) < 4.78 is 10.2. The highest BCUT2D eigenvalue weighted by atomic mass is 16.6. The summed E-state index contributed by atoms with van der Waals surface area (Å²) in [7, 11) is 0. The molecule has 2 N–H and O–H groups in total. The van der Waals surface area contributed by atoms with Crippen molar-refractivity contribution in [3.05, 3.63) is 41.9 Å². The van der Waals surface area contributed by atoms with E-state index >= 15 is 0 Å². The summed E-state index contributed by atoms with van der Waals surface area (Å²) in [5, 5.41) is 12.3. The SMILES string of the molecule is CC(O)c1ccccc1NC(=O)C1=COCCO1. The zero-order chi connectivity index (χ0) is 13.0. The van der Waals surface area contributed by atoms with Gasteiger partial charge < -0.3 is 19.9 Å². The average molecular weight is 249 g/mol. The molecule has 0 saturated carbocycles. The lowest BCUT2D eigenvalue weighted by molar-refractivity contribution is -0.117. The third kappa shape index (κ3) is 2.81. The van der Waals surface area contributed by atoms with Gasteiger partial charge in [-0.1, -0.05) is 18.2 Å². The van der Waals surface area contributed by atoms with Gasteiger partial charge in [-0.3, -0.25) is 4.79 Å². The van der Waals surface area contributed by atoms with Crippen molar-refractivity contribution in [2.45, 2.75) is 13.0 Å². The van der Waals surface area contributed by atoms with Crippen molar-refractivity contribution >= 4 is 11.6 Å². The molecule has 5 nitrogen and oxygen atoms in total. The Labute approximate surface area is 105 Å². The molecule has 2 rings (SSSR count). The van der Waals surface area contributed by atoms with E-state index < -0.39 is 6.10 Å². The number of anilines is 1. The maximum absolute atomic E-state index is 11.9. The second-order valence-corrected chi connectivity index (χ2v) is 3.92. The van der Waals surface area contributed by atoms with E-state index in [0.29, 0.717) is 24.5 Å². The summed E-state index contributed by atoms with van der Waals surface area (Å²) in [5.74, 6) is -0.246. The minimum atomic E-state index is -0.654. The molecule has 0 bridgehead atoms. The highest BCUT2D eigenvalue weighted by molar-refractivity contribution is 6.02. The van der Waals surface area contributed by atoms with Gasteiger partial charge in [-0.15, -0.1) is 0 Å². The minimum Gasteiger partial charge on any atom is -0.494 e. The van der Waals surface area contributed by atoms with Gasteiger partial charge in [-0.2, -0.15) is 0 Å². The van der Waals surface area contributed by atoms with Gasteiger partial charge in [0.2, 0.25) is 5.76 Å². The highest BCUT2D eigenvalue weighted by Crippen LogP contribution is 2.22. The largest absolute Gasteiger partial charge is 0.494 e. The topological polar surface area (TPSA) is 67.8 Å². The van der Waals surface area contributed by atoms with E-state index in [1.807, 2.05) is 0 Å². The van der Waals surface area contributed by atoms with Gasteiger partial charge >= 0.3 is 0 Å². The smallest absolute Gasteiger partial charge is 0.294 e. The fourth-order valence-electron chi connectivity index (χ4n) is 1.65. The van der Waals surface area contributed by atoms with Crippen LogP contribution in [-0.4, -0.2) is 24.2 Å². The number of aliphatic hydroxyl groups is 1. The number of benzene rings is 1. The van der Waals surface area contributed by atoms with E-state index in [2.05, 4.69) is 5.32 Å². The van der Waals surface area contributed by atoms with Gasteiger partial charge in [0.15, 0.2) is 0 Å². The number of nitrogens with one attached hydrogen (secondary N) is 1. The number of carbonyl (C=O) groups excluding carboxylic acids is 1. The lowest BCUT2D eigenvalue weighted by Crippen LogP contribution is -2.21. The van der Waals surface area contributed by atoms with Gasteiger partial charge in [0.1, 0.15) is 19.5 Å². The van der Waals surface area contributed by atoms with E-state index in [4.69, 9.17) is 9.47 Å². The van der Waals surface area contributed by atoms with Crippen LogP contribution >= 0.6 is 0 Å². The van der Waals surface area contributed by atoms with Crippen LogP contribution in [0.5, 0.6) is 0 Å². The summed E-state index contributed by atoms with van der Waals surface area (Å²) in [5.41, 5.74) is 1.22. The molecule has 5 heteroatoms. The number of carbonyl (C=O) groups is 1. The molecule has 1 aliphatic heterocycles. The highest BCUT2D eigenvalue weighted by Gasteiger charge is 2.17. The lowest BCUT2D eigenvalue weighted by Gasteiger charge is -2.17. The predicted molar refractivity (Wildman–Crippen MR) is 65.7 cm³/mol. The maximum atomic E-state index is 11.9. The predicted octanol–water partition coefficient (Wildman–Crippen LogP) is 1.57. The lowest BCUT2D eigenvalue weighted by atomic mass is 10.1. The molecule has 1 aromatic rings. The summed E-state index contributed by atoms with van der Waals surface area (Å²) in [6.07, 6.45) is 0.642. The monoisotopic (exact) mass is 249 g/mol. The molecule has 0 fully saturated rings. The van der Waals surface area contributed by atoms with Crippen molar-refractivity contribution in [1.82, 2.24) is 0 Å². The zero-order valence-electron chi connectivity index (χ0n) is 10.1. The third-order valence-electron chi connectivity index (χ3n) is 2.53. The minimum absolute atomic E-state index is 0.140. The third-order valence-corrected chi connectivity index (χ3v) is 2.53. The van der Waals surface area contributed by atoms with Crippen molar-refractivity contribution < 1.29 is 19.4 Å². The van der Waals surface area contributed by atoms with E-state index in [9.17, 15) is 9.90 Å². The normalized spacial score (nSPS) is 16.0. The van der Waals surface area contributed by atoms with E-state index in [1.54, 1.807) is 31.2 Å². The van der Waals surface area contributed by atoms with Crippen LogP contribution in [0.2, 0.25) is 0 Å². The van der Waals surface area contributed by atoms with E-state index in [-0.39, 0.29) is 11.7 Å². The van der Waals surface area contributed by atoms with E-state index in [1.165, 1.54) is 6.26 Å². The Balaban J connectivity index is 2.14. The maximum Gasteiger partial charge on any atom is 0.294 e. The Morgan fingerprint density at radius 3 is 2.83 bits per heavy atom. The van der Waals surface area contributed by atoms with Gasteiger partial charge in [-0.05, 0) is 13.0 Å². The Morgan fingerprint density at radius 1 is 1.39 bits per heavy atom. The first kappa shape index (κ1) is 12.4. The molecule has 18 heavy (non-hydrogen) atoms. The quantitative estimate of drug-likeness (QED) is 0.853. The van der Waals surface area contributed by atoms with Crippen molar-refractivity contribution in [3.8, 4) is 0 Å². The average Bonchev–Trinajstić information content (AvgIpc) is 2.40. The molecule has 0 radical (unpaired) electrons. The second-order valence-electron chi connectivity index (χ2n) is 3.92. The zero-order valence-corrected chi connectivity index (χ0v) is 10.1.